The lowest BCUT2D eigenvalue weighted by Crippen LogP contribution is -2.45. The minimum absolute atomic E-state index is 0.0961. The van der Waals surface area contributed by atoms with Gasteiger partial charge < -0.3 is 19.1 Å². The van der Waals surface area contributed by atoms with Crippen molar-refractivity contribution in [2.45, 2.75) is 76.7 Å². The SMILES string of the molecule is CCCn1c(C23CCC(CCC(=O)O)(CC2)CC3)nc2nc(Oc3cccc(OC)c3)[nH]c(=O)c21. The summed E-state index contributed by atoms with van der Waals surface area (Å²) >= 11 is 0. The molecule has 2 heterocycles. The number of benzene rings is 1. The van der Waals surface area contributed by atoms with E-state index in [-0.39, 0.29) is 28.8 Å². The van der Waals surface area contributed by atoms with Gasteiger partial charge in [0.2, 0.25) is 0 Å². The lowest BCUT2D eigenvalue weighted by Gasteiger charge is -2.53. The Morgan fingerprint density at radius 3 is 2.51 bits per heavy atom. The van der Waals surface area contributed by atoms with Crippen LogP contribution in [0.3, 0.4) is 0 Å². The van der Waals surface area contributed by atoms with Crippen LogP contribution in [0.4, 0.5) is 0 Å². The second-order valence-corrected chi connectivity index (χ2v) is 10.1. The van der Waals surface area contributed by atoms with E-state index in [2.05, 4.69) is 21.5 Å². The molecule has 3 fully saturated rings. The highest BCUT2D eigenvalue weighted by Crippen LogP contribution is 2.59. The average molecular weight is 481 g/mol. The molecule has 3 aromatic rings. The third kappa shape index (κ3) is 4.28. The van der Waals surface area contributed by atoms with Gasteiger partial charge in [-0.2, -0.15) is 4.98 Å². The number of fused-ring (bicyclic) bond motifs is 4. The fraction of sp³-hybridized carbons (Fsp3) is 0.538. The van der Waals surface area contributed by atoms with Gasteiger partial charge in [0.15, 0.2) is 11.2 Å². The molecule has 186 valence electrons. The molecule has 6 rings (SSSR count). The van der Waals surface area contributed by atoms with Gasteiger partial charge in [-0.05, 0) is 68.9 Å². The predicted octanol–water partition coefficient (Wildman–Crippen LogP) is 4.79. The number of H-pyrrole nitrogens is 1. The molecular formula is C26H32N4O5. The maximum absolute atomic E-state index is 13.2. The summed E-state index contributed by atoms with van der Waals surface area (Å²) in [6.45, 7) is 2.78. The monoisotopic (exact) mass is 480 g/mol. The molecule has 3 aliphatic carbocycles. The summed E-state index contributed by atoms with van der Waals surface area (Å²) < 4.78 is 13.1. The van der Waals surface area contributed by atoms with E-state index in [0.717, 1.165) is 57.2 Å². The number of nitrogens with zero attached hydrogens (tertiary/aromatic N) is 3. The highest BCUT2D eigenvalue weighted by molar-refractivity contribution is 5.71. The molecule has 2 bridgehead atoms. The van der Waals surface area contributed by atoms with Crippen molar-refractivity contribution in [3.63, 3.8) is 0 Å². The number of hydrogen-bond acceptors (Lipinski definition) is 6. The highest BCUT2D eigenvalue weighted by atomic mass is 16.5. The van der Waals surface area contributed by atoms with Crippen molar-refractivity contribution in [2.75, 3.05) is 7.11 Å². The van der Waals surface area contributed by atoms with Gasteiger partial charge in [0.1, 0.15) is 17.3 Å². The molecule has 0 unspecified atom stereocenters. The van der Waals surface area contributed by atoms with E-state index in [1.54, 1.807) is 25.3 Å². The van der Waals surface area contributed by atoms with Gasteiger partial charge >= 0.3 is 12.0 Å². The highest BCUT2D eigenvalue weighted by Gasteiger charge is 2.51. The first-order valence-electron chi connectivity index (χ1n) is 12.4. The van der Waals surface area contributed by atoms with Gasteiger partial charge in [-0.15, -0.1) is 0 Å². The summed E-state index contributed by atoms with van der Waals surface area (Å²) in [5.74, 6) is 1.38. The predicted molar refractivity (Wildman–Crippen MR) is 130 cm³/mol. The number of nitrogens with one attached hydrogen (secondary N) is 1. The molecule has 2 N–H and O–H groups in total. The zero-order valence-corrected chi connectivity index (χ0v) is 20.3. The molecule has 0 amide bonds. The molecule has 3 aliphatic rings. The number of rotatable bonds is 9. The normalized spacial score (nSPS) is 23.5. The van der Waals surface area contributed by atoms with Gasteiger partial charge in [0.05, 0.1) is 7.11 Å². The molecule has 0 saturated heterocycles. The molecule has 0 spiro atoms. The van der Waals surface area contributed by atoms with Crippen LogP contribution in [-0.2, 0) is 16.8 Å². The third-order valence-corrected chi connectivity index (χ3v) is 8.04. The number of carboxylic acid groups (broad SMARTS) is 1. The van der Waals surface area contributed by atoms with Crippen molar-refractivity contribution >= 4 is 17.1 Å². The van der Waals surface area contributed by atoms with Crippen molar-refractivity contribution in [3.8, 4) is 17.5 Å². The van der Waals surface area contributed by atoms with E-state index in [9.17, 15) is 14.7 Å². The number of aromatic amines is 1. The van der Waals surface area contributed by atoms with Crippen molar-refractivity contribution in [2.24, 2.45) is 5.41 Å². The van der Waals surface area contributed by atoms with Gasteiger partial charge in [0, 0.05) is 24.4 Å². The number of imidazole rings is 1. The van der Waals surface area contributed by atoms with E-state index in [0.29, 0.717) is 29.2 Å². The number of hydrogen-bond donors (Lipinski definition) is 2. The Hall–Kier alpha value is -3.36. The van der Waals surface area contributed by atoms with E-state index in [4.69, 9.17) is 14.5 Å². The number of aryl methyl sites for hydroxylation is 1. The Balaban J connectivity index is 1.48. The molecule has 35 heavy (non-hydrogen) atoms. The third-order valence-electron chi connectivity index (χ3n) is 8.04. The van der Waals surface area contributed by atoms with Gasteiger partial charge in [0.25, 0.3) is 5.56 Å². The molecule has 0 aliphatic heterocycles. The number of ether oxygens (including phenoxy) is 2. The fourth-order valence-corrected chi connectivity index (χ4v) is 6.04. The zero-order valence-electron chi connectivity index (χ0n) is 20.3. The van der Waals surface area contributed by atoms with Gasteiger partial charge in [-0.25, -0.2) is 4.98 Å². The number of aliphatic carboxylic acids is 1. The first-order valence-corrected chi connectivity index (χ1v) is 12.4. The minimum Gasteiger partial charge on any atom is -0.497 e. The van der Waals surface area contributed by atoms with Gasteiger partial charge in [-0.1, -0.05) is 13.0 Å². The second-order valence-electron chi connectivity index (χ2n) is 10.1. The molecule has 0 atom stereocenters. The van der Waals surface area contributed by atoms with Crippen LogP contribution in [0.15, 0.2) is 29.1 Å². The summed E-state index contributed by atoms with van der Waals surface area (Å²) in [6, 6.07) is 7.22. The van der Waals surface area contributed by atoms with Crippen LogP contribution in [0.5, 0.6) is 17.5 Å². The molecular weight excluding hydrogens is 448 g/mol. The molecule has 0 radical (unpaired) electrons. The summed E-state index contributed by atoms with van der Waals surface area (Å²) in [5, 5.41) is 9.17. The minimum atomic E-state index is -0.719. The molecule has 2 aromatic heterocycles. The second kappa shape index (κ2) is 9.02. The first kappa shape index (κ1) is 23.4. The van der Waals surface area contributed by atoms with E-state index in [1.807, 2.05) is 6.07 Å². The van der Waals surface area contributed by atoms with Crippen LogP contribution < -0.4 is 15.0 Å². The fourth-order valence-electron chi connectivity index (χ4n) is 6.04. The summed E-state index contributed by atoms with van der Waals surface area (Å²) in [5.41, 5.74) is 0.662. The van der Waals surface area contributed by atoms with Crippen molar-refractivity contribution in [1.29, 1.82) is 0 Å². The lowest BCUT2D eigenvalue weighted by molar-refractivity contribution is -0.138. The van der Waals surface area contributed by atoms with Crippen LogP contribution in [-0.4, -0.2) is 37.7 Å². The van der Waals surface area contributed by atoms with Crippen molar-refractivity contribution < 1.29 is 19.4 Å². The van der Waals surface area contributed by atoms with Crippen LogP contribution >= 0.6 is 0 Å². The smallest absolute Gasteiger partial charge is 0.304 e. The van der Waals surface area contributed by atoms with E-state index in [1.165, 1.54) is 0 Å². The maximum atomic E-state index is 13.2. The van der Waals surface area contributed by atoms with E-state index >= 15 is 0 Å². The summed E-state index contributed by atoms with van der Waals surface area (Å²) in [4.78, 5) is 36.6. The Labute approximate surface area is 203 Å². The maximum Gasteiger partial charge on any atom is 0.304 e. The lowest BCUT2D eigenvalue weighted by atomic mass is 9.52. The topological polar surface area (TPSA) is 119 Å². The Morgan fingerprint density at radius 2 is 1.86 bits per heavy atom. The van der Waals surface area contributed by atoms with Crippen molar-refractivity contribution in [1.82, 2.24) is 19.5 Å². The van der Waals surface area contributed by atoms with E-state index < -0.39 is 5.97 Å². The van der Waals surface area contributed by atoms with Crippen LogP contribution in [0.1, 0.15) is 70.5 Å². The Bertz CT molecular complexity index is 1290. The molecule has 9 nitrogen and oxygen atoms in total. The Kier molecular flexibility index (Phi) is 6.02. The average Bonchev–Trinajstić information content (AvgIpc) is 3.24. The number of aromatic nitrogens is 4. The van der Waals surface area contributed by atoms with Crippen LogP contribution in [0.2, 0.25) is 0 Å². The number of carboxylic acids is 1. The summed E-state index contributed by atoms with van der Waals surface area (Å²) in [7, 11) is 1.58. The quantitative estimate of drug-likeness (QED) is 0.452. The van der Waals surface area contributed by atoms with Crippen LogP contribution in [0, 0.1) is 5.41 Å². The molecule has 9 heteroatoms. The molecule has 3 saturated carbocycles. The first-order chi connectivity index (χ1) is 16.9. The summed E-state index contributed by atoms with van der Waals surface area (Å²) in [6.07, 6.45) is 7.75. The standard InChI is InChI=1S/C26H32N4O5/c1-3-15-30-20-21(28-24(29-22(20)33)35-18-6-4-5-17(16-18)34-2)27-23(30)26-12-9-25(10-13-26,11-14-26)8-7-19(31)32/h4-6,16H,3,7-15H2,1-2H3,(H,31,32)(H,28,29,33). The zero-order chi connectivity index (χ0) is 24.6. The van der Waals surface area contributed by atoms with Crippen molar-refractivity contribution in [3.05, 3.63) is 40.4 Å². The van der Waals surface area contributed by atoms with Crippen LogP contribution in [0.25, 0.3) is 11.2 Å². The molecule has 1 aromatic carbocycles. The Morgan fingerprint density at radius 1 is 1.14 bits per heavy atom. The largest absolute Gasteiger partial charge is 0.497 e. The number of carbonyl (C=O) groups is 1. The van der Waals surface area contributed by atoms with Gasteiger partial charge in [-0.3, -0.25) is 14.6 Å². The number of methoxy groups -OCH3 is 1.